The first-order valence-corrected chi connectivity index (χ1v) is 8.08. The number of amides is 1. The maximum absolute atomic E-state index is 12.3. The Hall–Kier alpha value is -1.88. The van der Waals surface area contributed by atoms with Crippen LogP contribution in [0.4, 0.5) is 0 Å². The van der Waals surface area contributed by atoms with Crippen LogP contribution in [0.2, 0.25) is 0 Å². The molecule has 128 valence electrons. The smallest absolute Gasteiger partial charge is 0.323 e. The summed E-state index contributed by atoms with van der Waals surface area (Å²) in [6, 6.07) is 6.73. The molecule has 5 nitrogen and oxygen atoms in total. The van der Waals surface area contributed by atoms with Gasteiger partial charge < -0.3 is 15.8 Å². The predicted octanol–water partition coefficient (Wildman–Crippen LogP) is 2.78. The molecule has 1 atom stereocenters. The summed E-state index contributed by atoms with van der Waals surface area (Å²) in [7, 11) is 0. The van der Waals surface area contributed by atoms with Crippen molar-refractivity contribution in [2.75, 3.05) is 0 Å². The molecule has 1 aromatic carbocycles. The molecule has 23 heavy (non-hydrogen) atoms. The van der Waals surface area contributed by atoms with Gasteiger partial charge in [0.05, 0.1) is 0 Å². The topological polar surface area (TPSA) is 81.4 Å². The molecule has 0 aliphatic heterocycles. The third-order valence-corrected chi connectivity index (χ3v) is 3.30. The van der Waals surface area contributed by atoms with Crippen molar-refractivity contribution >= 4 is 11.9 Å². The summed E-state index contributed by atoms with van der Waals surface area (Å²) in [6.45, 7) is 8.14. The Kier molecular flexibility index (Phi) is 7.23. The van der Waals surface area contributed by atoms with E-state index in [-0.39, 0.29) is 12.0 Å². The molecule has 3 N–H and O–H groups in total. The molecule has 0 fully saturated rings. The highest BCUT2D eigenvalue weighted by molar-refractivity contribution is 5.92. The highest BCUT2D eigenvalue weighted by Gasteiger charge is 2.24. The van der Waals surface area contributed by atoms with Crippen LogP contribution in [-0.2, 0) is 16.1 Å². The molecular weight excluding hydrogens is 292 g/mol. The highest BCUT2D eigenvalue weighted by atomic mass is 16.6. The lowest BCUT2D eigenvalue weighted by molar-refractivity contribution is -0.157. The maximum atomic E-state index is 12.3. The number of carbonyl (C=O) groups excluding carboxylic acids is 2. The van der Waals surface area contributed by atoms with Gasteiger partial charge in [-0.15, -0.1) is 0 Å². The van der Waals surface area contributed by atoms with E-state index in [1.807, 2.05) is 26.8 Å². The molecule has 1 aromatic rings. The van der Waals surface area contributed by atoms with Gasteiger partial charge in [0.25, 0.3) is 0 Å². The van der Waals surface area contributed by atoms with Crippen molar-refractivity contribution in [1.29, 1.82) is 0 Å². The number of primary amides is 1. The molecule has 0 bridgehead atoms. The number of esters is 1. The van der Waals surface area contributed by atoms with Gasteiger partial charge in [0.15, 0.2) is 0 Å². The Labute approximate surface area is 138 Å². The number of hydrogen-bond acceptors (Lipinski definition) is 4. The number of benzene rings is 1. The van der Waals surface area contributed by atoms with Crippen LogP contribution in [0.3, 0.4) is 0 Å². The van der Waals surface area contributed by atoms with Gasteiger partial charge >= 0.3 is 5.97 Å². The fraction of sp³-hybridized carbons (Fsp3) is 0.556. The first kappa shape index (κ1) is 19.2. The zero-order chi connectivity index (χ0) is 17.5. The fourth-order valence-corrected chi connectivity index (χ4v) is 2.16. The molecule has 0 saturated heterocycles. The second-order valence-corrected chi connectivity index (χ2v) is 6.67. The Bertz CT molecular complexity index is 535. The lowest BCUT2D eigenvalue weighted by Gasteiger charge is -2.24. The van der Waals surface area contributed by atoms with Crippen LogP contribution in [0.1, 0.15) is 62.9 Å². The second kappa shape index (κ2) is 8.67. The van der Waals surface area contributed by atoms with Gasteiger partial charge in [0.1, 0.15) is 11.6 Å². The molecule has 0 heterocycles. The summed E-state index contributed by atoms with van der Waals surface area (Å²) in [5, 5.41) is 3.23. The lowest BCUT2D eigenvalue weighted by atomic mass is 10.1. The largest absolute Gasteiger partial charge is 0.459 e. The van der Waals surface area contributed by atoms with E-state index in [4.69, 9.17) is 10.5 Å². The Morgan fingerprint density at radius 2 is 2.00 bits per heavy atom. The van der Waals surface area contributed by atoms with Gasteiger partial charge in [-0.2, -0.15) is 0 Å². The number of ether oxygens (including phenoxy) is 1. The van der Waals surface area contributed by atoms with Crippen molar-refractivity contribution < 1.29 is 14.3 Å². The van der Waals surface area contributed by atoms with E-state index < -0.39 is 11.5 Å². The molecule has 1 amide bonds. The van der Waals surface area contributed by atoms with Gasteiger partial charge in [0.2, 0.25) is 5.91 Å². The van der Waals surface area contributed by atoms with Crippen molar-refractivity contribution in [3.8, 4) is 0 Å². The van der Waals surface area contributed by atoms with E-state index in [0.29, 0.717) is 12.1 Å². The number of carbonyl (C=O) groups is 2. The molecule has 0 spiro atoms. The van der Waals surface area contributed by atoms with Crippen LogP contribution >= 0.6 is 0 Å². The zero-order valence-corrected chi connectivity index (χ0v) is 14.5. The first-order valence-electron chi connectivity index (χ1n) is 8.08. The van der Waals surface area contributed by atoms with Crippen LogP contribution < -0.4 is 11.1 Å². The number of rotatable bonds is 8. The fourth-order valence-electron chi connectivity index (χ4n) is 2.16. The summed E-state index contributed by atoms with van der Waals surface area (Å²) in [6.07, 6.45) is 2.68. The summed E-state index contributed by atoms with van der Waals surface area (Å²) < 4.78 is 5.47. The molecule has 0 aliphatic rings. The van der Waals surface area contributed by atoms with Gasteiger partial charge in [-0.3, -0.25) is 9.59 Å². The van der Waals surface area contributed by atoms with E-state index in [1.165, 1.54) is 0 Å². The van der Waals surface area contributed by atoms with Crippen LogP contribution in [0.5, 0.6) is 0 Å². The van der Waals surface area contributed by atoms with E-state index in [1.54, 1.807) is 18.2 Å². The number of nitrogens with two attached hydrogens (primary N) is 1. The van der Waals surface area contributed by atoms with Gasteiger partial charge in [-0.05, 0) is 44.9 Å². The van der Waals surface area contributed by atoms with E-state index in [9.17, 15) is 9.59 Å². The van der Waals surface area contributed by atoms with E-state index >= 15 is 0 Å². The zero-order valence-electron chi connectivity index (χ0n) is 14.5. The summed E-state index contributed by atoms with van der Waals surface area (Å²) in [5.41, 5.74) is 6.16. The highest BCUT2D eigenvalue weighted by Crippen LogP contribution is 2.12. The molecular formula is C18H28N2O3. The number of hydrogen-bond donors (Lipinski definition) is 2. The molecule has 0 saturated carbocycles. The molecule has 1 rings (SSSR count). The third-order valence-electron chi connectivity index (χ3n) is 3.30. The quantitative estimate of drug-likeness (QED) is 0.722. The molecule has 1 unspecified atom stereocenters. The standard InChI is InChI=1S/C18H28N2O3/c1-5-6-10-15(17(22)23-18(2,3)4)20-12-13-8-7-9-14(11-13)16(19)21/h7-9,11,15,20H,5-6,10,12H2,1-4H3,(H2,19,21). The average Bonchev–Trinajstić information content (AvgIpc) is 2.45. The SMILES string of the molecule is CCCCC(NCc1cccc(C(N)=O)c1)C(=O)OC(C)(C)C. The normalized spacial score (nSPS) is 12.7. The third kappa shape index (κ3) is 7.28. The van der Waals surface area contributed by atoms with Crippen molar-refractivity contribution in [3.05, 3.63) is 35.4 Å². The summed E-state index contributed by atoms with van der Waals surface area (Å²) in [4.78, 5) is 23.5. The Morgan fingerprint density at radius 1 is 1.30 bits per heavy atom. The van der Waals surface area contributed by atoms with Crippen LogP contribution in [-0.4, -0.2) is 23.5 Å². The van der Waals surface area contributed by atoms with Crippen molar-refractivity contribution in [2.24, 2.45) is 5.73 Å². The maximum Gasteiger partial charge on any atom is 0.323 e. The first-order chi connectivity index (χ1) is 10.7. The van der Waals surface area contributed by atoms with Crippen molar-refractivity contribution in [2.45, 2.75) is 65.1 Å². The molecule has 0 aliphatic carbocycles. The van der Waals surface area contributed by atoms with Gasteiger partial charge in [0, 0.05) is 12.1 Å². The summed E-state index contributed by atoms with van der Waals surface area (Å²) >= 11 is 0. The Balaban J connectivity index is 2.72. The minimum atomic E-state index is -0.505. The lowest BCUT2D eigenvalue weighted by Crippen LogP contribution is -2.41. The van der Waals surface area contributed by atoms with Crippen LogP contribution in [0.25, 0.3) is 0 Å². The van der Waals surface area contributed by atoms with Gasteiger partial charge in [-0.25, -0.2) is 0 Å². The monoisotopic (exact) mass is 320 g/mol. The average molecular weight is 320 g/mol. The minimum absolute atomic E-state index is 0.239. The van der Waals surface area contributed by atoms with E-state index in [0.717, 1.165) is 24.8 Å². The van der Waals surface area contributed by atoms with Crippen LogP contribution in [0, 0.1) is 0 Å². The summed E-state index contributed by atoms with van der Waals surface area (Å²) in [5.74, 6) is -0.696. The molecule has 5 heteroatoms. The van der Waals surface area contributed by atoms with Crippen molar-refractivity contribution in [3.63, 3.8) is 0 Å². The van der Waals surface area contributed by atoms with Crippen molar-refractivity contribution in [1.82, 2.24) is 5.32 Å². The van der Waals surface area contributed by atoms with Gasteiger partial charge in [-0.1, -0.05) is 31.9 Å². The number of nitrogens with one attached hydrogen (secondary N) is 1. The van der Waals surface area contributed by atoms with E-state index in [2.05, 4.69) is 12.2 Å². The minimum Gasteiger partial charge on any atom is -0.459 e. The Morgan fingerprint density at radius 3 is 2.57 bits per heavy atom. The predicted molar refractivity (Wildman–Crippen MR) is 91.0 cm³/mol. The van der Waals surface area contributed by atoms with Crippen LogP contribution in [0.15, 0.2) is 24.3 Å². The number of unbranched alkanes of at least 4 members (excludes halogenated alkanes) is 1. The second-order valence-electron chi connectivity index (χ2n) is 6.67. The molecule has 0 aromatic heterocycles. The molecule has 0 radical (unpaired) electrons.